The van der Waals surface area contributed by atoms with E-state index < -0.39 is 12.0 Å². The van der Waals surface area contributed by atoms with Crippen molar-refractivity contribution in [2.24, 2.45) is 5.92 Å². The Morgan fingerprint density at radius 1 is 1.23 bits per heavy atom. The Hall–Kier alpha value is -2.77. The number of nitrogens with one attached hydrogen (secondary N) is 1. The molecule has 2 amide bonds. The maximum Gasteiger partial charge on any atom is 0.255 e. The first-order chi connectivity index (χ1) is 14.9. The third kappa shape index (κ3) is 6.87. The first kappa shape index (κ1) is 22.9. The Morgan fingerprint density at radius 3 is 2.65 bits per heavy atom. The zero-order valence-corrected chi connectivity index (χ0v) is 18.2. The van der Waals surface area contributed by atoms with Gasteiger partial charge in [0.1, 0.15) is 17.6 Å². The molecule has 0 bridgehead atoms. The zero-order chi connectivity index (χ0) is 22.2. The fraction of sp³-hybridized carbons (Fsp3) is 0.391. The van der Waals surface area contributed by atoms with E-state index in [1.165, 1.54) is 6.07 Å². The van der Waals surface area contributed by atoms with Crippen LogP contribution in [0.15, 0.2) is 48.5 Å². The van der Waals surface area contributed by atoms with Crippen molar-refractivity contribution in [1.82, 2.24) is 10.2 Å². The summed E-state index contributed by atoms with van der Waals surface area (Å²) in [6.45, 7) is 4.00. The van der Waals surface area contributed by atoms with Crippen molar-refractivity contribution in [3.63, 3.8) is 0 Å². The van der Waals surface area contributed by atoms with Crippen molar-refractivity contribution in [2.45, 2.75) is 19.4 Å². The van der Waals surface area contributed by atoms with Gasteiger partial charge in [0.15, 0.2) is 0 Å². The Balaban J connectivity index is 1.55. The number of rotatable bonds is 9. The minimum absolute atomic E-state index is 0.0809. The van der Waals surface area contributed by atoms with Crippen LogP contribution in [-0.2, 0) is 9.53 Å². The van der Waals surface area contributed by atoms with Crippen molar-refractivity contribution >= 4 is 23.4 Å². The molecule has 0 aliphatic carbocycles. The van der Waals surface area contributed by atoms with Gasteiger partial charge in [-0.15, -0.1) is 0 Å². The van der Waals surface area contributed by atoms with Gasteiger partial charge < -0.3 is 24.8 Å². The molecule has 7 nitrogen and oxygen atoms in total. The highest BCUT2D eigenvalue weighted by molar-refractivity contribution is 6.30. The summed E-state index contributed by atoms with van der Waals surface area (Å²) in [6, 6.07) is 13.3. The molecule has 0 saturated carbocycles. The lowest BCUT2D eigenvalue weighted by atomic mass is 10.1. The predicted octanol–water partition coefficient (Wildman–Crippen LogP) is 3.11. The number of carbonyl (C=O) groups is 2. The average Bonchev–Trinajstić information content (AvgIpc) is 3.23. The summed E-state index contributed by atoms with van der Waals surface area (Å²) >= 11 is 5.93. The second kappa shape index (κ2) is 11.0. The molecule has 0 aromatic heterocycles. The molecule has 0 spiro atoms. The van der Waals surface area contributed by atoms with Gasteiger partial charge in [-0.25, -0.2) is 0 Å². The van der Waals surface area contributed by atoms with Gasteiger partial charge in [0.05, 0.1) is 25.3 Å². The molecule has 1 aliphatic heterocycles. The molecule has 1 aliphatic rings. The van der Waals surface area contributed by atoms with Crippen molar-refractivity contribution < 1.29 is 24.2 Å². The van der Waals surface area contributed by atoms with Crippen LogP contribution in [0.4, 0.5) is 0 Å². The smallest absolute Gasteiger partial charge is 0.255 e. The summed E-state index contributed by atoms with van der Waals surface area (Å²) in [7, 11) is 0. The molecular weight excluding hydrogens is 420 g/mol. The number of likely N-dealkylation sites (tertiary alicyclic amines) is 1. The van der Waals surface area contributed by atoms with E-state index in [0.717, 1.165) is 13.0 Å². The molecule has 0 unspecified atom stereocenters. The molecule has 0 radical (unpaired) electrons. The number of amides is 2. The number of halogens is 1. The van der Waals surface area contributed by atoms with Crippen LogP contribution in [0.25, 0.3) is 0 Å². The van der Waals surface area contributed by atoms with Crippen LogP contribution in [0.1, 0.15) is 23.7 Å². The predicted molar refractivity (Wildman–Crippen MR) is 117 cm³/mol. The van der Waals surface area contributed by atoms with Crippen molar-refractivity contribution in [3.8, 4) is 11.5 Å². The lowest BCUT2D eigenvalue weighted by molar-refractivity contribution is -0.128. The number of aromatic hydroxyl groups is 1. The molecule has 2 aromatic carbocycles. The van der Waals surface area contributed by atoms with Gasteiger partial charge in [-0.05, 0) is 42.8 Å². The molecule has 1 saturated heterocycles. The van der Waals surface area contributed by atoms with E-state index in [9.17, 15) is 14.7 Å². The summed E-state index contributed by atoms with van der Waals surface area (Å²) in [6.07, 6.45) is 0.466. The lowest BCUT2D eigenvalue weighted by Gasteiger charge is -2.21. The van der Waals surface area contributed by atoms with Crippen LogP contribution in [0.3, 0.4) is 0 Å². The zero-order valence-electron chi connectivity index (χ0n) is 17.4. The minimum Gasteiger partial charge on any atom is -0.507 e. The highest BCUT2D eigenvalue weighted by Crippen LogP contribution is 2.19. The molecule has 31 heavy (non-hydrogen) atoms. The van der Waals surface area contributed by atoms with E-state index in [4.69, 9.17) is 21.1 Å². The van der Waals surface area contributed by atoms with Gasteiger partial charge in [-0.1, -0.05) is 23.7 Å². The van der Waals surface area contributed by atoms with Gasteiger partial charge in [0.2, 0.25) is 5.91 Å². The fourth-order valence-electron chi connectivity index (χ4n) is 3.43. The van der Waals surface area contributed by atoms with Gasteiger partial charge in [-0.3, -0.25) is 9.59 Å². The molecule has 1 heterocycles. The van der Waals surface area contributed by atoms with E-state index in [1.807, 2.05) is 4.90 Å². The van der Waals surface area contributed by atoms with Crippen LogP contribution in [0.5, 0.6) is 11.5 Å². The molecule has 2 aromatic rings. The Kier molecular flexibility index (Phi) is 8.14. The number of para-hydroxylation sites is 1. The van der Waals surface area contributed by atoms with E-state index in [-0.39, 0.29) is 36.3 Å². The number of hydrogen-bond donors (Lipinski definition) is 2. The Morgan fingerprint density at radius 2 is 1.97 bits per heavy atom. The third-order valence-electron chi connectivity index (χ3n) is 5.14. The van der Waals surface area contributed by atoms with Crippen molar-refractivity contribution in [3.05, 3.63) is 59.1 Å². The summed E-state index contributed by atoms with van der Waals surface area (Å²) < 4.78 is 11.9. The molecule has 2 atom stereocenters. The van der Waals surface area contributed by atoms with E-state index >= 15 is 0 Å². The Labute approximate surface area is 186 Å². The van der Waals surface area contributed by atoms with Gasteiger partial charge in [-0.2, -0.15) is 0 Å². The number of nitrogens with zero attached hydrogens (tertiary/aromatic N) is 1. The van der Waals surface area contributed by atoms with Gasteiger partial charge in [0.25, 0.3) is 5.91 Å². The van der Waals surface area contributed by atoms with E-state index in [0.29, 0.717) is 23.9 Å². The number of carbonyl (C=O) groups excluding carboxylic acids is 2. The molecular formula is C23H27ClN2O5. The normalized spacial score (nSPS) is 16.7. The minimum atomic E-state index is -0.443. The molecule has 166 valence electrons. The second-order valence-corrected chi connectivity index (χ2v) is 8.01. The van der Waals surface area contributed by atoms with Crippen molar-refractivity contribution in [2.75, 3.05) is 32.8 Å². The van der Waals surface area contributed by atoms with E-state index in [2.05, 4.69) is 5.32 Å². The summed E-state index contributed by atoms with van der Waals surface area (Å²) in [4.78, 5) is 25.7. The summed E-state index contributed by atoms with van der Waals surface area (Å²) in [5.74, 6) is 0.506. The SMILES string of the molecule is CC(=O)N1CC[C@H](COC[C@H](CNC(=O)c2ccccc2O)Oc2ccc(Cl)cc2)C1. The second-order valence-electron chi connectivity index (χ2n) is 7.58. The van der Waals surface area contributed by atoms with Crippen LogP contribution in [0, 0.1) is 5.92 Å². The topological polar surface area (TPSA) is 88.1 Å². The van der Waals surface area contributed by atoms with Crippen LogP contribution in [-0.4, -0.2) is 60.8 Å². The monoisotopic (exact) mass is 446 g/mol. The van der Waals surface area contributed by atoms with E-state index in [1.54, 1.807) is 49.4 Å². The fourth-order valence-corrected chi connectivity index (χ4v) is 3.55. The number of phenols is 1. The maximum absolute atomic E-state index is 12.4. The van der Waals surface area contributed by atoms with Crippen LogP contribution < -0.4 is 10.1 Å². The summed E-state index contributed by atoms with van der Waals surface area (Å²) in [5.41, 5.74) is 0.198. The molecule has 3 rings (SSSR count). The first-order valence-electron chi connectivity index (χ1n) is 10.2. The van der Waals surface area contributed by atoms with Crippen LogP contribution >= 0.6 is 11.6 Å². The lowest BCUT2D eigenvalue weighted by Crippen LogP contribution is -2.38. The Bertz CT molecular complexity index is 890. The van der Waals surface area contributed by atoms with Crippen molar-refractivity contribution in [1.29, 1.82) is 0 Å². The highest BCUT2D eigenvalue weighted by atomic mass is 35.5. The van der Waals surface area contributed by atoms with Gasteiger partial charge >= 0.3 is 0 Å². The maximum atomic E-state index is 12.4. The van der Waals surface area contributed by atoms with Gasteiger partial charge in [0, 0.05) is 31.0 Å². The average molecular weight is 447 g/mol. The number of ether oxygens (including phenoxy) is 2. The standard InChI is InChI=1S/C23H27ClN2O5/c1-16(27)26-11-10-17(13-26)14-30-15-20(31-19-8-6-18(24)7-9-19)12-25-23(29)21-4-2-3-5-22(21)28/h2-9,17,20,28H,10-15H2,1H3,(H,25,29)/t17-,20-/m0/s1. The highest BCUT2D eigenvalue weighted by Gasteiger charge is 2.25. The molecule has 2 N–H and O–H groups in total. The molecule has 8 heteroatoms. The third-order valence-corrected chi connectivity index (χ3v) is 5.40. The number of benzene rings is 2. The summed E-state index contributed by atoms with van der Waals surface area (Å²) in [5, 5.41) is 13.3. The largest absolute Gasteiger partial charge is 0.507 e. The molecule has 1 fully saturated rings. The number of phenolic OH excluding ortho intramolecular Hbond substituents is 1. The quantitative estimate of drug-likeness (QED) is 0.618. The first-order valence-corrected chi connectivity index (χ1v) is 10.6. The number of hydrogen-bond acceptors (Lipinski definition) is 5. The van der Waals surface area contributed by atoms with Crippen LogP contribution in [0.2, 0.25) is 5.02 Å².